The number of piperidine rings is 1. The van der Waals surface area contributed by atoms with Crippen LogP contribution in [0.2, 0.25) is 5.02 Å². The lowest BCUT2D eigenvalue weighted by Crippen LogP contribution is -2.34. The van der Waals surface area contributed by atoms with E-state index in [0.29, 0.717) is 93.8 Å². The van der Waals surface area contributed by atoms with Gasteiger partial charge in [0.25, 0.3) is 0 Å². The Bertz CT molecular complexity index is 4820. The van der Waals surface area contributed by atoms with Crippen LogP contribution in [-0.4, -0.2) is 174 Å². The summed E-state index contributed by atoms with van der Waals surface area (Å²) in [6.07, 6.45) is 29.1. The quantitative estimate of drug-likeness (QED) is 0.0464. The first-order chi connectivity index (χ1) is 61.5. The molecule has 0 spiro atoms. The largest absolute Gasteiger partial charge is 0.460 e. The Balaban J connectivity index is 0.000000304. The van der Waals surface area contributed by atoms with Crippen molar-refractivity contribution in [2.45, 2.75) is 309 Å². The minimum absolute atomic E-state index is 0.0364. The molecule has 32 nitrogen and oxygen atoms in total. The Morgan fingerprint density at radius 3 is 1.35 bits per heavy atom. The number of nitrogens with one attached hydrogen (secondary N) is 4. The van der Waals surface area contributed by atoms with Crippen molar-refractivity contribution in [2.75, 3.05) is 66.0 Å². The van der Waals surface area contributed by atoms with Gasteiger partial charge in [0.2, 0.25) is 17.8 Å². The number of hydrogen-bond acceptors (Lipinski definition) is 31. The average molecular weight is 1810 g/mol. The van der Waals surface area contributed by atoms with Crippen molar-refractivity contribution < 1.29 is 23.8 Å². The number of carbonyl (C=O) groups is 1. The number of anilines is 5. The third-order valence-corrected chi connectivity index (χ3v) is 19.1. The van der Waals surface area contributed by atoms with Crippen LogP contribution in [-0.2, 0) is 9.53 Å². The molecular weight excluding hydrogens is 1660 g/mol. The molecule has 0 aliphatic carbocycles. The van der Waals surface area contributed by atoms with Crippen LogP contribution in [0, 0.1) is 63.1 Å². The normalized spacial score (nSPS) is 13.9. The zero-order chi connectivity index (χ0) is 96.9. The molecule has 0 radical (unpaired) electrons. The second-order valence-electron chi connectivity index (χ2n) is 35.1. The number of aliphatic hydroxyl groups excluding tert-OH is 1. The Morgan fingerprint density at radius 2 is 0.962 bits per heavy atom. The maximum atomic E-state index is 13.4. The molecule has 10 aromatic heterocycles. The lowest BCUT2D eigenvalue weighted by atomic mass is 10.1. The second kappa shape index (κ2) is 58.1. The number of aliphatic hydroxyl groups is 1. The number of nitrogens with zero attached hydrogens (tertiary/aromatic N) is 23. The van der Waals surface area contributed by atoms with Gasteiger partial charge in [-0.1, -0.05) is 150 Å². The number of ether oxygens (including phenoxy) is 2. The number of amides is 1. The summed E-state index contributed by atoms with van der Waals surface area (Å²) in [5.41, 5.74) is 14.1. The van der Waals surface area contributed by atoms with Crippen LogP contribution in [0.5, 0.6) is 6.01 Å². The van der Waals surface area contributed by atoms with Crippen molar-refractivity contribution in [2.24, 2.45) is 0 Å². The molecule has 10 aromatic rings. The lowest BCUT2D eigenvalue weighted by molar-refractivity contribution is -0.114. The van der Waals surface area contributed by atoms with Gasteiger partial charge in [-0.25, -0.2) is 99.1 Å². The molecule has 3 aliphatic rings. The molecule has 1 amide bonds. The second-order valence-corrected chi connectivity index (χ2v) is 35.5. The molecule has 3 saturated heterocycles. The van der Waals surface area contributed by atoms with E-state index in [9.17, 15) is 14.3 Å². The summed E-state index contributed by atoms with van der Waals surface area (Å²) >= 11 is 6.04. The van der Waals surface area contributed by atoms with Crippen LogP contribution in [0.4, 0.5) is 33.7 Å². The van der Waals surface area contributed by atoms with E-state index in [1.165, 1.54) is 19.3 Å². The number of nitrogen functional groups attached to an aromatic ring is 1. The first-order valence-electron chi connectivity index (χ1n) is 44.8. The molecule has 3 aliphatic heterocycles. The first kappa shape index (κ1) is 111. The predicted molar refractivity (Wildman–Crippen MR) is 514 cm³/mol. The number of nitriles is 2. The molecule has 3 fully saturated rings. The molecule has 13 rings (SSSR count). The maximum Gasteiger partial charge on any atom is 0.316 e. The van der Waals surface area contributed by atoms with Gasteiger partial charge in [-0.2, -0.15) is 15.5 Å². The fourth-order valence-electron chi connectivity index (χ4n) is 11.2. The smallest absolute Gasteiger partial charge is 0.316 e. The van der Waals surface area contributed by atoms with Crippen molar-refractivity contribution in [1.29, 1.82) is 10.5 Å². The molecule has 13 heterocycles. The summed E-state index contributed by atoms with van der Waals surface area (Å²) in [5.74, 6) is 11.2. The van der Waals surface area contributed by atoms with Gasteiger partial charge in [0.15, 0.2) is 11.6 Å². The number of carbonyl (C=O) groups excluding carboxylic acids is 1. The van der Waals surface area contributed by atoms with Gasteiger partial charge < -0.3 is 46.5 Å². The maximum absolute atomic E-state index is 13.4. The van der Waals surface area contributed by atoms with Crippen LogP contribution >= 0.6 is 11.6 Å². The monoisotopic (exact) mass is 1810 g/mol. The summed E-state index contributed by atoms with van der Waals surface area (Å²) in [6, 6.07) is 7.04. The fraction of sp³-hybridized carbons (Fsp3) is 0.552. The molecule has 7 N–H and O–H groups in total. The van der Waals surface area contributed by atoms with E-state index < -0.39 is 0 Å². The Kier molecular flexibility index (Phi) is 49.5. The highest BCUT2D eigenvalue weighted by Crippen LogP contribution is 2.27. The van der Waals surface area contributed by atoms with E-state index in [1.54, 1.807) is 18.6 Å². The van der Waals surface area contributed by atoms with Gasteiger partial charge in [0, 0.05) is 147 Å². The van der Waals surface area contributed by atoms with E-state index in [4.69, 9.17) is 37.3 Å². The van der Waals surface area contributed by atoms with E-state index in [-0.39, 0.29) is 65.0 Å². The number of aromatic nitrogens is 20. The van der Waals surface area contributed by atoms with Gasteiger partial charge in [-0.3, -0.25) is 4.79 Å². The summed E-state index contributed by atoms with van der Waals surface area (Å²) < 4.78 is 24.6. The number of hydrogen-bond donors (Lipinski definition) is 6. The molecule has 130 heavy (non-hydrogen) atoms. The van der Waals surface area contributed by atoms with Crippen molar-refractivity contribution in [3.63, 3.8) is 0 Å². The lowest BCUT2D eigenvalue weighted by Gasteiger charge is -2.23. The van der Waals surface area contributed by atoms with Crippen LogP contribution in [0.1, 0.15) is 347 Å². The number of aryl methyl sites for hydroxylation is 5. The Hall–Kier alpha value is -11.7. The third-order valence-electron chi connectivity index (χ3n) is 18.8. The number of β-amino-alcohol motifs (C(OH)–C–C–N with tert-alkyl or cyclic N) is 1. The highest BCUT2D eigenvalue weighted by Gasteiger charge is 2.25. The van der Waals surface area contributed by atoms with Crippen molar-refractivity contribution in [1.82, 2.24) is 105 Å². The van der Waals surface area contributed by atoms with Crippen molar-refractivity contribution >= 4 is 46.9 Å². The molecule has 0 saturated carbocycles. The van der Waals surface area contributed by atoms with E-state index in [0.717, 1.165) is 145 Å². The fourth-order valence-corrected chi connectivity index (χ4v) is 11.6. The Labute approximate surface area is 776 Å². The first-order valence-corrected chi connectivity index (χ1v) is 45.2. The zero-order valence-corrected chi connectivity index (χ0v) is 82.6. The molecule has 0 aromatic carbocycles. The highest BCUT2D eigenvalue weighted by molar-refractivity contribution is 6.31. The molecule has 2 unspecified atom stereocenters. The van der Waals surface area contributed by atoms with Crippen LogP contribution in [0.3, 0.4) is 0 Å². The van der Waals surface area contributed by atoms with Gasteiger partial charge in [0.05, 0.1) is 60.0 Å². The molecule has 34 heteroatoms. The van der Waals surface area contributed by atoms with Gasteiger partial charge >= 0.3 is 6.01 Å². The summed E-state index contributed by atoms with van der Waals surface area (Å²) in [6.45, 7) is 61.1. The van der Waals surface area contributed by atoms with E-state index >= 15 is 0 Å². The molecular formula is C96H142ClFN28O4. The average Bonchev–Trinajstić information content (AvgIpc) is 1.71. The highest BCUT2D eigenvalue weighted by atomic mass is 35.5. The Morgan fingerprint density at radius 1 is 0.523 bits per heavy atom. The summed E-state index contributed by atoms with van der Waals surface area (Å²) in [5, 5.41) is 40.0. The molecule has 704 valence electrons. The van der Waals surface area contributed by atoms with E-state index in [2.05, 4.69) is 210 Å². The zero-order valence-electron chi connectivity index (χ0n) is 81.8. The minimum atomic E-state index is -0.363. The van der Waals surface area contributed by atoms with E-state index in [1.807, 2.05) is 177 Å². The van der Waals surface area contributed by atoms with Crippen LogP contribution < -0.4 is 36.6 Å². The SMILES string of the molecule is CC(=O)Nc1nc(C(C)C)ncc1C#N.CC(C)Nc1nc(C(C)C)ncc1C#N.CC(C)c1ccnc(NC2CCCOC2)n1.CC(C)c1nc(N2CCC(O)C2)ncc1F.CC(C)c1nc(OC2CCNCC2)ncc1Cl.Cc1cnc(C(C)C)nc1.Cc1cnc(C(C)C)nc1.Cc1cnc(C(C)C)nc1.Cc1cnc(C(C)C)nc1.Cc1cnc(C(C)C)nc1N. The van der Waals surface area contributed by atoms with Crippen molar-refractivity contribution in [3.05, 3.63) is 200 Å². The molecule has 0 bridgehead atoms. The predicted octanol–water partition coefficient (Wildman–Crippen LogP) is 18.7. The van der Waals surface area contributed by atoms with Gasteiger partial charge in [-0.05, 0) is 140 Å². The van der Waals surface area contributed by atoms with Crippen LogP contribution in [0.25, 0.3) is 0 Å². The molecule has 2 atom stereocenters. The minimum Gasteiger partial charge on any atom is -0.460 e. The number of rotatable bonds is 18. The number of nitrogens with two attached hydrogens (primary N) is 1. The van der Waals surface area contributed by atoms with Gasteiger partial charge in [-0.15, -0.1) is 0 Å². The topological polar surface area (TPSA) is 439 Å². The van der Waals surface area contributed by atoms with Crippen molar-refractivity contribution in [3.8, 4) is 18.1 Å². The summed E-state index contributed by atoms with van der Waals surface area (Å²) in [7, 11) is 0. The van der Waals surface area contributed by atoms with Crippen LogP contribution in [0.15, 0.2) is 92.8 Å². The van der Waals surface area contributed by atoms with Gasteiger partial charge in [0.1, 0.15) is 81.8 Å². The third kappa shape index (κ3) is 41.8. The number of halogens is 2. The standard InChI is InChI=1S/C12H18ClN3O.C12H19N3O.C11H16FN3O.C11H16N4.C10H12N4O.C8H13N3.4C8H12N2/c1-8(2)11-10(13)7-15-12(16-11)17-9-3-5-14-6-4-9;1-9(2)11-5-6-13-12(15-11)14-10-4-3-7-16-8-10;1-7(2)10-9(12)5-13-11(14-10)15-4-3-8(16)6-15;1-7(2)10-13-6-9(5-12)11(15-10)14-8(3)4;1-6(2)9-12-5-8(4-11)10(14-9)13-7(3)15;1-5(2)8-10-4-6(3)7(9)11-8;4*1-6(2)8-9-4-7(3)5-10-8/h7-9,14H,3-6H2,1-2H3;5-6,9-10H,3-4,7-8H2,1-2H3,(H,13,14,15);5,7-8,16H,3-4,6H2,1-2H3;6-8H,1-4H3,(H,13,14,15);5-6H,1-3H3,(H,12,13,14,15);4-5H,1-3H3,(H2,9,10,11);4*4-6H,1-3H3. The summed E-state index contributed by atoms with van der Waals surface area (Å²) in [4.78, 5) is 96.4.